The summed E-state index contributed by atoms with van der Waals surface area (Å²) in [4.78, 5) is 34.4. The van der Waals surface area contributed by atoms with Gasteiger partial charge < -0.3 is 0 Å². The lowest BCUT2D eigenvalue weighted by Gasteiger charge is -2.20. The molecule has 9 nitrogen and oxygen atoms in total. The van der Waals surface area contributed by atoms with Gasteiger partial charge in [-0.1, -0.05) is 97.0 Å². The summed E-state index contributed by atoms with van der Waals surface area (Å²) in [6.07, 6.45) is 15.0. The summed E-state index contributed by atoms with van der Waals surface area (Å²) in [6.45, 7) is 4.94. The second-order valence-corrected chi connectivity index (χ2v) is 8.55. The van der Waals surface area contributed by atoms with Crippen LogP contribution in [0.25, 0.3) is 0 Å². The molecule has 0 radical (unpaired) electrons. The number of para-hydroxylation sites is 1. The van der Waals surface area contributed by atoms with Gasteiger partial charge in [-0.2, -0.15) is 0 Å². The number of hydrogen-bond acceptors (Lipinski definition) is 6. The van der Waals surface area contributed by atoms with Gasteiger partial charge in [0.05, 0.1) is 15.5 Å². The largest absolute Gasteiger partial charge is 0.319 e. The highest BCUT2D eigenvalue weighted by atomic mass is 16.6. The van der Waals surface area contributed by atoms with E-state index in [-0.39, 0.29) is 17.1 Å². The third-order valence-corrected chi connectivity index (χ3v) is 5.88. The van der Waals surface area contributed by atoms with Crippen molar-refractivity contribution in [2.45, 2.75) is 104 Å². The van der Waals surface area contributed by atoms with E-state index in [2.05, 4.69) is 24.4 Å². The van der Waals surface area contributed by atoms with Crippen molar-refractivity contribution in [3.8, 4) is 0 Å². The molecule has 0 saturated carbocycles. The van der Waals surface area contributed by atoms with Crippen LogP contribution in [0, 0.1) is 19.9 Å². The third-order valence-electron chi connectivity index (χ3n) is 5.88. The summed E-state index contributed by atoms with van der Waals surface area (Å²) in [5.74, 6) is 0. The van der Waals surface area contributed by atoms with Gasteiger partial charge >= 0.3 is 5.69 Å². The number of unbranched alkanes of at least 4 members (excludes halogenated alkanes) is 12. The zero-order valence-electron chi connectivity index (χ0n) is 20.4. The van der Waals surface area contributed by atoms with E-state index < -0.39 is 4.92 Å². The molecule has 0 atom stereocenters. The Kier molecular flexibility index (Phi) is 15.4. The molecule has 0 heterocycles. The molecule has 9 heteroatoms. The van der Waals surface area contributed by atoms with Crippen LogP contribution in [-0.4, -0.2) is 18.0 Å². The van der Waals surface area contributed by atoms with Crippen molar-refractivity contribution >= 4 is 17.1 Å². The lowest BCUT2D eigenvalue weighted by atomic mass is 10.1. The SMILES string of the molecule is CCCCCCCCCN(N=O)c1cccc(N(CCCCCCCCC)N=O)c1[N+](=O)[O-]. The average molecular weight is 464 g/mol. The Balaban J connectivity index is 2.78. The van der Waals surface area contributed by atoms with Crippen molar-refractivity contribution in [1.82, 2.24) is 0 Å². The molecule has 33 heavy (non-hydrogen) atoms. The van der Waals surface area contributed by atoms with Crippen molar-refractivity contribution < 1.29 is 4.92 Å². The highest BCUT2D eigenvalue weighted by molar-refractivity contribution is 5.77. The highest BCUT2D eigenvalue weighted by Gasteiger charge is 2.28. The summed E-state index contributed by atoms with van der Waals surface area (Å²) in [5, 5.41) is 20.2. The molecule has 0 N–H and O–H groups in total. The normalized spacial score (nSPS) is 10.7. The van der Waals surface area contributed by atoms with E-state index in [0.29, 0.717) is 25.9 Å². The van der Waals surface area contributed by atoms with Gasteiger partial charge in [-0.3, -0.25) is 10.1 Å². The Hall–Kier alpha value is -2.58. The van der Waals surface area contributed by atoms with Crippen molar-refractivity contribution in [1.29, 1.82) is 0 Å². The first-order chi connectivity index (χ1) is 16.1. The van der Waals surface area contributed by atoms with Crippen LogP contribution in [0.3, 0.4) is 0 Å². The van der Waals surface area contributed by atoms with Crippen LogP contribution in [-0.2, 0) is 0 Å². The van der Waals surface area contributed by atoms with E-state index in [1.54, 1.807) is 6.07 Å². The number of rotatable bonds is 21. The fourth-order valence-electron chi connectivity index (χ4n) is 3.97. The summed E-state index contributed by atoms with van der Waals surface area (Å²) in [6, 6.07) is 4.60. The van der Waals surface area contributed by atoms with Crippen LogP contribution in [0.4, 0.5) is 17.1 Å². The molecule has 0 aliphatic heterocycles. The maximum absolute atomic E-state index is 11.9. The molecule has 0 bridgehead atoms. The van der Waals surface area contributed by atoms with Gasteiger partial charge in [0, 0.05) is 13.1 Å². The number of nitroso groups, excluding NO2 is 2. The first-order valence-electron chi connectivity index (χ1n) is 12.6. The molecule has 0 saturated heterocycles. The van der Waals surface area contributed by atoms with Crippen LogP contribution in [0.5, 0.6) is 0 Å². The fraction of sp³-hybridized carbons (Fsp3) is 0.750. The van der Waals surface area contributed by atoms with E-state index in [4.69, 9.17) is 0 Å². The molecule has 0 aromatic heterocycles. The molecule has 0 fully saturated rings. The van der Waals surface area contributed by atoms with Gasteiger partial charge in [-0.05, 0) is 25.0 Å². The monoisotopic (exact) mass is 463 g/mol. The number of nitro groups is 1. The van der Waals surface area contributed by atoms with E-state index in [9.17, 15) is 19.9 Å². The number of anilines is 2. The molecule has 1 aromatic rings. The van der Waals surface area contributed by atoms with Gasteiger partial charge in [0.25, 0.3) is 0 Å². The van der Waals surface area contributed by atoms with Crippen LogP contribution >= 0.6 is 0 Å². The minimum Gasteiger partial charge on any atom is -0.258 e. The Bertz CT molecular complexity index is 653. The number of nitrogens with zero attached hydrogens (tertiary/aromatic N) is 5. The lowest BCUT2D eigenvalue weighted by Crippen LogP contribution is -2.22. The topological polar surface area (TPSA) is 108 Å². The van der Waals surface area contributed by atoms with E-state index in [1.807, 2.05) is 0 Å². The van der Waals surface area contributed by atoms with E-state index in [0.717, 1.165) is 48.5 Å². The molecule has 1 aromatic carbocycles. The van der Waals surface area contributed by atoms with Crippen molar-refractivity contribution in [3.05, 3.63) is 38.1 Å². The Morgan fingerprint density at radius 1 is 0.697 bits per heavy atom. The maximum Gasteiger partial charge on any atom is 0.319 e. The fourth-order valence-corrected chi connectivity index (χ4v) is 3.97. The van der Waals surface area contributed by atoms with Crippen LogP contribution in [0.2, 0.25) is 0 Å². The third kappa shape index (κ3) is 10.7. The minimum absolute atomic E-state index is 0.103. The minimum atomic E-state index is -0.559. The molecule has 0 aliphatic rings. The first-order valence-corrected chi connectivity index (χ1v) is 12.6. The summed E-state index contributed by atoms with van der Waals surface area (Å²) < 4.78 is 0. The van der Waals surface area contributed by atoms with Gasteiger partial charge in [-0.15, -0.1) is 9.81 Å². The second-order valence-electron chi connectivity index (χ2n) is 8.55. The van der Waals surface area contributed by atoms with Gasteiger partial charge in [0.15, 0.2) is 0 Å². The number of nitro benzene ring substituents is 1. The standard InChI is InChI=1S/C24H41N5O4/c1-3-5-7-9-11-13-15-20-27(25-30)22-18-17-19-23(24(22)29(32)33)28(26-31)21-16-14-12-10-8-6-4-2/h17-19H,3-16,20-21H2,1-2H3. The predicted octanol–water partition coefficient (Wildman–Crippen LogP) is 8.07. The van der Waals surface area contributed by atoms with E-state index in [1.165, 1.54) is 50.7 Å². The Labute approximate surface area is 198 Å². The van der Waals surface area contributed by atoms with Crippen molar-refractivity contribution in [2.75, 3.05) is 23.1 Å². The molecule has 0 amide bonds. The second kappa shape index (κ2) is 17.9. The smallest absolute Gasteiger partial charge is 0.258 e. The summed E-state index contributed by atoms with van der Waals surface area (Å²) in [5.41, 5.74) is -0.0963. The molecule has 186 valence electrons. The van der Waals surface area contributed by atoms with Crippen LogP contribution < -0.4 is 10.0 Å². The molecule has 0 unspecified atom stereocenters. The molecule has 0 spiro atoms. The molecule has 0 aliphatic carbocycles. The molecular formula is C24H41N5O4. The van der Waals surface area contributed by atoms with Crippen molar-refractivity contribution in [2.24, 2.45) is 10.6 Å². The van der Waals surface area contributed by atoms with Crippen LogP contribution in [0.1, 0.15) is 104 Å². The zero-order valence-corrected chi connectivity index (χ0v) is 20.4. The van der Waals surface area contributed by atoms with Crippen molar-refractivity contribution in [3.63, 3.8) is 0 Å². The zero-order chi connectivity index (χ0) is 24.3. The molecular weight excluding hydrogens is 422 g/mol. The lowest BCUT2D eigenvalue weighted by molar-refractivity contribution is -0.383. The predicted molar refractivity (Wildman–Crippen MR) is 135 cm³/mol. The summed E-state index contributed by atoms with van der Waals surface area (Å²) >= 11 is 0. The summed E-state index contributed by atoms with van der Waals surface area (Å²) in [7, 11) is 0. The van der Waals surface area contributed by atoms with Gasteiger partial charge in [-0.25, -0.2) is 10.0 Å². The first kappa shape index (κ1) is 28.5. The highest BCUT2D eigenvalue weighted by Crippen LogP contribution is 2.38. The van der Waals surface area contributed by atoms with Gasteiger partial charge in [0.1, 0.15) is 11.4 Å². The van der Waals surface area contributed by atoms with Crippen LogP contribution in [0.15, 0.2) is 28.8 Å². The van der Waals surface area contributed by atoms with E-state index >= 15 is 0 Å². The number of benzene rings is 1. The average Bonchev–Trinajstić information content (AvgIpc) is 2.82. The van der Waals surface area contributed by atoms with Gasteiger partial charge in [0.2, 0.25) is 0 Å². The quantitative estimate of drug-likeness (QED) is 0.0789. The Morgan fingerprint density at radius 2 is 1.06 bits per heavy atom. The maximum atomic E-state index is 11.9. The Morgan fingerprint density at radius 3 is 1.39 bits per heavy atom. The molecule has 1 rings (SSSR count). The number of hydrogen-bond donors (Lipinski definition) is 0.